The van der Waals surface area contributed by atoms with Crippen molar-refractivity contribution >= 4 is 16.9 Å². The summed E-state index contributed by atoms with van der Waals surface area (Å²) >= 11 is 0. The Balaban J connectivity index is 1.80. The first-order chi connectivity index (χ1) is 9.31. The average molecular weight is 259 g/mol. The molecule has 4 nitrogen and oxygen atoms in total. The zero-order chi connectivity index (χ0) is 13.5. The van der Waals surface area contributed by atoms with Crippen LogP contribution in [0.5, 0.6) is 0 Å². The Labute approximate surface area is 113 Å². The number of carbonyl (C=O) groups excluding carboxylic acids is 1. The van der Waals surface area contributed by atoms with E-state index in [2.05, 4.69) is 17.2 Å². The SMILES string of the molecule is CCCCCNC(=O)CCn1cnc2ccccc21. The van der Waals surface area contributed by atoms with Gasteiger partial charge in [0.05, 0.1) is 17.4 Å². The molecular formula is C15H21N3O. The molecule has 0 aliphatic heterocycles. The Hall–Kier alpha value is -1.84. The number of nitrogens with zero attached hydrogens (tertiary/aromatic N) is 2. The van der Waals surface area contributed by atoms with Gasteiger partial charge >= 0.3 is 0 Å². The van der Waals surface area contributed by atoms with E-state index in [1.807, 2.05) is 28.8 Å². The van der Waals surface area contributed by atoms with Crippen LogP contribution < -0.4 is 5.32 Å². The lowest BCUT2D eigenvalue weighted by molar-refractivity contribution is -0.121. The predicted molar refractivity (Wildman–Crippen MR) is 76.9 cm³/mol. The van der Waals surface area contributed by atoms with Crippen molar-refractivity contribution in [1.29, 1.82) is 0 Å². The van der Waals surface area contributed by atoms with Crippen LogP contribution in [0.1, 0.15) is 32.6 Å². The molecule has 1 aromatic carbocycles. The molecule has 0 aliphatic carbocycles. The molecule has 0 bridgehead atoms. The Morgan fingerprint density at radius 1 is 1.32 bits per heavy atom. The van der Waals surface area contributed by atoms with Crippen LogP contribution in [0.4, 0.5) is 0 Å². The molecule has 0 aliphatic rings. The standard InChI is InChI=1S/C15H21N3O/c1-2-3-6-10-16-15(19)9-11-18-12-17-13-7-4-5-8-14(13)18/h4-5,7-8,12H,2-3,6,9-11H2,1H3,(H,16,19). The summed E-state index contributed by atoms with van der Waals surface area (Å²) in [5.74, 6) is 0.119. The van der Waals surface area contributed by atoms with Gasteiger partial charge in [0.25, 0.3) is 0 Å². The van der Waals surface area contributed by atoms with E-state index >= 15 is 0 Å². The van der Waals surface area contributed by atoms with Gasteiger partial charge in [0, 0.05) is 19.5 Å². The topological polar surface area (TPSA) is 46.9 Å². The van der Waals surface area contributed by atoms with Crippen molar-refractivity contribution in [2.24, 2.45) is 0 Å². The van der Waals surface area contributed by atoms with Gasteiger partial charge in [0.1, 0.15) is 0 Å². The lowest BCUT2D eigenvalue weighted by Crippen LogP contribution is -2.25. The van der Waals surface area contributed by atoms with Crippen molar-refractivity contribution in [2.75, 3.05) is 6.54 Å². The maximum absolute atomic E-state index is 11.7. The second kappa shape index (κ2) is 6.92. The molecule has 2 aromatic rings. The van der Waals surface area contributed by atoms with Gasteiger partial charge in [-0.2, -0.15) is 0 Å². The molecule has 0 unspecified atom stereocenters. The second-order valence-electron chi connectivity index (χ2n) is 4.73. The Morgan fingerprint density at radius 2 is 2.16 bits per heavy atom. The van der Waals surface area contributed by atoms with E-state index in [0.29, 0.717) is 13.0 Å². The van der Waals surface area contributed by atoms with Crippen molar-refractivity contribution in [1.82, 2.24) is 14.9 Å². The molecule has 1 heterocycles. The lowest BCUT2D eigenvalue weighted by Gasteiger charge is -2.06. The first-order valence-electron chi connectivity index (χ1n) is 6.98. The average Bonchev–Trinajstić information content (AvgIpc) is 2.85. The van der Waals surface area contributed by atoms with E-state index in [0.717, 1.165) is 24.0 Å². The van der Waals surface area contributed by atoms with Crippen LogP contribution in [-0.4, -0.2) is 22.0 Å². The largest absolute Gasteiger partial charge is 0.356 e. The minimum Gasteiger partial charge on any atom is -0.356 e. The van der Waals surface area contributed by atoms with Crippen LogP contribution in [0.2, 0.25) is 0 Å². The molecule has 1 aromatic heterocycles. The number of para-hydroxylation sites is 2. The van der Waals surface area contributed by atoms with Gasteiger partial charge in [-0.3, -0.25) is 4.79 Å². The fourth-order valence-electron chi connectivity index (χ4n) is 2.10. The summed E-state index contributed by atoms with van der Waals surface area (Å²) in [6.45, 7) is 3.63. The molecule has 0 saturated carbocycles. The highest BCUT2D eigenvalue weighted by atomic mass is 16.1. The number of fused-ring (bicyclic) bond motifs is 1. The Kier molecular flexibility index (Phi) is 4.95. The van der Waals surface area contributed by atoms with Gasteiger partial charge in [-0.15, -0.1) is 0 Å². The normalized spacial score (nSPS) is 10.8. The quantitative estimate of drug-likeness (QED) is 0.777. The minimum absolute atomic E-state index is 0.119. The summed E-state index contributed by atoms with van der Waals surface area (Å²) in [5, 5.41) is 2.96. The van der Waals surface area contributed by atoms with Crippen LogP contribution in [0.15, 0.2) is 30.6 Å². The molecule has 0 fully saturated rings. The van der Waals surface area contributed by atoms with Crippen molar-refractivity contribution in [3.05, 3.63) is 30.6 Å². The molecule has 4 heteroatoms. The molecule has 0 radical (unpaired) electrons. The predicted octanol–water partition coefficient (Wildman–Crippen LogP) is 2.73. The van der Waals surface area contributed by atoms with E-state index in [4.69, 9.17) is 0 Å². The zero-order valence-electron chi connectivity index (χ0n) is 11.4. The van der Waals surface area contributed by atoms with Gasteiger partial charge in [-0.05, 0) is 18.6 Å². The molecule has 1 amide bonds. The van der Waals surface area contributed by atoms with Crippen molar-refractivity contribution in [2.45, 2.75) is 39.2 Å². The number of unbranched alkanes of at least 4 members (excludes halogenated alkanes) is 2. The monoisotopic (exact) mass is 259 g/mol. The molecule has 0 saturated heterocycles. The third-order valence-corrected chi connectivity index (χ3v) is 3.21. The summed E-state index contributed by atoms with van der Waals surface area (Å²) in [7, 11) is 0. The van der Waals surface area contributed by atoms with Crippen LogP contribution in [0.3, 0.4) is 0 Å². The maximum Gasteiger partial charge on any atom is 0.221 e. The molecular weight excluding hydrogens is 238 g/mol. The Bertz CT molecular complexity index is 533. The third kappa shape index (κ3) is 3.81. The highest BCUT2D eigenvalue weighted by Gasteiger charge is 2.04. The molecule has 0 atom stereocenters. The van der Waals surface area contributed by atoms with E-state index in [-0.39, 0.29) is 5.91 Å². The number of hydrogen-bond donors (Lipinski definition) is 1. The molecule has 1 N–H and O–H groups in total. The van der Waals surface area contributed by atoms with Crippen molar-refractivity contribution in [3.63, 3.8) is 0 Å². The van der Waals surface area contributed by atoms with Gasteiger partial charge in [0.2, 0.25) is 5.91 Å². The third-order valence-electron chi connectivity index (χ3n) is 3.21. The number of aromatic nitrogens is 2. The molecule has 19 heavy (non-hydrogen) atoms. The fourth-order valence-corrected chi connectivity index (χ4v) is 2.10. The summed E-state index contributed by atoms with van der Waals surface area (Å²) < 4.78 is 2.03. The maximum atomic E-state index is 11.7. The number of amides is 1. The molecule has 2 rings (SSSR count). The first kappa shape index (κ1) is 13.6. The van der Waals surface area contributed by atoms with Crippen molar-refractivity contribution in [3.8, 4) is 0 Å². The van der Waals surface area contributed by atoms with E-state index in [9.17, 15) is 4.79 Å². The number of nitrogens with one attached hydrogen (secondary N) is 1. The first-order valence-corrected chi connectivity index (χ1v) is 6.98. The summed E-state index contributed by atoms with van der Waals surface area (Å²) in [6.07, 6.45) is 5.72. The number of carbonyl (C=O) groups is 1. The smallest absolute Gasteiger partial charge is 0.221 e. The second-order valence-corrected chi connectivity index (χ2v) is 4.73. The number of rotatable bonds is 7. The van der Waals surface area contributed by atoms with E-state index in [1.165, 1.54) is 12.8 Å². The summed E-state index contributed by atoms with van der Waals surface area (Å²) in [6, 6.07) is 7.98. The van der Waals surface area contributed by atoms with Gasteiger partial charge in [-0.25, -0.2) is 4.98 Å². The fraction of sp³-hybridized carbons (Fsp3) is 0.467. The zero-order valence-corrected chi connectivity index (χ0v) is 11.4. The van der Waals surface area contributed by atoms with Crippen LogP contribution in [0.25, 0.3) is 11.0 Å². The lowest BCUT2D eigenvalue weighted by atomic mass is 10.2. The van der Waals surface area contributed by atoms with Crippen LogP contribution in [0, 0.1) is 0 Å². The number of aryl methyl sites for hydroxylation is 1. The number of benzene rings is 1. The van der Waals surface area contributed by atoms with E-state index < -0.39 is 0 Å². The minimum atomic E-state index is 0.119. The highest BCUT2D eigenvalue weighted by Crippen LogP contribution is 2.11. The summed E-state index contributed by atoms with van der Waals surface area (Å²) in [5.41, 5.74) is 2.06. The Morgan fingerprint density at radius 3 is 3.00 bits per heavy atom. The number of imidazole rings is 1. The highest BCUT2D eigenvalue weighted by molar-refractivity contribution is 5.77. The van der Waals surface area contributed by atoms with Gasteiger partial charge < -0.3 is 9.88 Å². The van der Waals surface area contributed by atoms with Crippen molar-refractivity contribution < 1.29 is 4.79 Å². The number of hydrogen-bond acceptors (Lipinski definition) is 2. The molecule has 0 spiro atoms. The molecule has 102 valence electrons. The van der Waals surface area contributed by atoms with Gasteiger partial charge in [0.15, 0.2) is 0 Å². The van der Waals surface area contributed by atoms with Crippen LogP contribution in [-0.2, 0) is 11.3 Å². The van der Waals surface area contributed by atoms with Gasteiger partial charge in [-0.1, -0.05) is 31.9 Å². The van der Waals surface area contributed by atoms with E-state index in [1.54, 1.807) is 6.33 Å². The summed E-state index contributed by atoms with van der Waals surface area (Å²) in [4.78, 5) is 16.0. The van der Waals surface area contributed by atoms with Crippen LogP contribution >= 0.6 is 0 Å².